The Labute approximate surface area is 192 Å². The van der Waals surface area contributed by atoms with Gasteiger partial charge in [0.2, 0.25) is 15.9 Å². The van der Waals surface area contributed by atoms with Crippen molar-refractivity contribution in [3.8, 4) is 0 Å². The van der Waals surface area contributed by atoms with Crippen molar-refractivity contribution in [2.75, 3.05) is 23.7 Å². The van der Waals surface area contributed by atoms with Crippen LogP contribution in [0.5, 0.6) is 0 Å². The first kappa shape index (κ1) is 24.2. The molecule has 2 unspecified atom stereocenters. The van der Waals surface area contributed by atoms with Gasteiger partial charge in [0.1, 0.15) is 4.90 Å². The van der Waals surface area contributed by atoms with Gasteiger partial charge in [0.05, 0.1) is 28.6 Å². The summed E-state index contributed by atoms with van der Waals surface area (Å²) in [6.07, 6.45) is -0.514. The average Bonchev–Trinajstić information content (AvgIpc) is 2.69. The van der Waals surface area contributed by atoms with E-state index in [0.717, 1.165) is 5.56 Å². The molecule has 0 spiro atoms. The standard InChI is InChI=1S/C22H26ClN3O5S/c1-13-5-8-19(24-16(4)27)20(9-13)25-22(28)17-6-7-18(23)21(10-17)32(29,30)26-11-14(2)31-15(3)12-26/h5-10,14-15H,11-12H2,1-4H3,(H,24,27)(H,25,28). The second-order valence-electron chi connectivity index (χ2n) is 7.91. The largest absolute Gasteiger partial charge is 0.373 e. The molecular formula is C22H26ClN3O5S. The molecule has 8 nitrogen and oxygen atoms in total. The summed E-state index contributed by atoms with van der Waals surface area (Å²) in [7, 11) is -3.93. The molecule has 0 aromatic heterocycles. The fourth-order valence-corrected chi connectivity index (χ4v) is 5.65. The van der Waals surface area contributed by atoms with Crippen LogP contribution in [0.2, 0.25) is 5.02 Å². The molecule has 1 aliphatic heterocycles. The van der Waals surface area contributed by atoms with Crippen molar-refractivity contribution in [1.82, 2.24) is 4.31 Å². The van der Waals surface area contributed by atoms with Crippen LogP contribution in [-0.2, 0) is 19.6 Å². The number of hydrogen-bond donors (Lipinski definition) is 2. The Balaban J connectivity index is 1.91. The fraction of sp³-hybridized carbons (Fsp3) is 0.364. The summed E-state index contributed by atoms with van der Waals surface area (Å²) in [6.45, 7) is 7.22. The third-order valence-corrected chi connectivity index (χ3v) is 7.24. The van der Waals surface area contributed by atoms with Crippen molar-refractivity contribution >= 4 is 44.8 Å². The summed E-state index contributed by atoms with van der Waals surface area (Å²) in [5.74, 6) is -0.808. The minimum absolute atomic E-state index is 0.0304. The lowest BCUT2D eigenvalue weighted by Crippen LogP contribution is -2.48. The number of nitrogens with one attached hydrogen (secondary N) is 2. The lowest BCUT2D eigenvalue weighted by Gasteiger charge is -2.34. The highest BCUT2D eigenvalue weighted by Crippen LogP contribution is 2.29. The van der Waals surface area contributed by atoms with Crippen molar-refractivity contribution in [2.24, 2.45) is 0 Å². The monoisotopic (exact) mass is 479 g/mol. The minimum Gasteiger partial charge on any atom is -0.373 e. The number of ether oxygens (including phenoxy) is 1. The highest BCUT2D eigenvalue weighted by Gasteiger charge is 2.34. The van der Waals surface area contributed by atoms with Crippen LogP contribution in [-0.4, -0.2) is 49.8 Å². The zero-order valence-electron chi connectivity index (χ0n) is 18.3. The third kappa shape index (κ3) is 5.47. The molecule has 1 heterocycles. The van der Waals surface area contributed by atoms with Crippen LogP contribution in [0.4, 0.5) is 11.4 Å². The molecule has 1 saturated heterocycles. The number of rotatable bonds is 5. The van der Waals surface area contributed by atoms with Crippen molar-refractivity contribution in [3.63, 3.8) is 0 Å². The number of aryl methyl sites for hydroxylation is 1. The van der Waals surface area contributed by atoms with Gasteiger partial charge >= 0.3 is 0 Å². The third-order valence-electron chi connectivity index (χ3n) is 4.93. The molecule has 2 atom stereocenters. The van der Waals surface area contributed by atoms with E-state index in [1.54, 1.807) is 32.0 Å². The molecule has 3 rings (SSSR count). The molecule has 1 fully saturated rings. The maximum absolute atomic E-state index is 13.3. The van der Waals surface area contributed by atoms with Gasteiger partial charge in [0.25, 0.3) is 5.91 Å². The number of benzene rings is 2. The molecule has 0 bridgehead atoms. The number of anilines is 2. The van der Waals surface area contributed by atoms with E-state index in [4.69, 9.17) is 16.3 Å². The molecule has 32 heavy (non-hydrogen) atoms. The van der Waals surface area contributed by atoms with Gasteiger partial charge in [-0.05, 0) is 56.7 Å². The van der Waals surface area contributed by atoms with Crippen molar-refractivity contribution in [2.45, 2.75) is 44.8 Å². The highest BCUT2D eigenvalue weighted by molar-refractivity contribution is 7.89. The van der Waals surface area contributed by atoms with Crippen LogP contribution in [0.1, 0.15) is 36.7 Å². The molecular weight excluding hydrogens is 454 g/mol. The number of halogens is 1. The molecule has 0 radical (unpaired) electrons. The van der Waals surface area contributed by atoms with Crippen LogP contribution in [0.25, 0.3) is 0 Å². The normalized spacial score (nSPS) is 19.4. The Hall–Kier alpha value is -2.46. The Kier molecular flexibility index (Phi) is 7.24. The number of carbonyl (C=O) groups is 2. The molecule has 10 heteroatoms. The summed E-state index contributed by atoms with van der Waals surface area (Å²) >= 11 is 6.22. The van der Waals surface area contributed by atoms with E-state index in [2.05, 4.69) is 10.6 Å². The summed E-state index contributed by atoms with van der Waals surface area (Å²) in [5.41, 5.74) is 1.84. The number of nitrogens with zero attached hydrogens (tertiary/aromatic N) is 1. The molecule has 2 amide bonds. The molecule has 2 N–H and O–H groups in total. The van der Waals surface area contributed by atoms with E-state index in [9.17, 15) is 18.0 Å². The first-order valence-corrected chi connectivity index (χ1v) is 11.9. The van der Waals surface area contributed by atoms with Gasteiger partial charge in [0.15, 0.2) is 0 Å². The van der Waals surface area contributed by atoms with Crippen molar-refractivity contribution < 1.29 is 22.7 Å². The molecule has 0 saturated carbocycles. The van der Waals surface area contributed by atoms with E-state index in [0.29, 0.717) is 11.4 Å². The number of hydrogen-bond acceptors (Lipinski definition) is 5. The smallest absolute Gasteiger partial charge is 0.255 e. The van der Waals surface area contributed by atoms with E-state index < -0.39 is 15.9 Å². The van der Waals surface area contributed by atoms with Gasteiger partial charge in [0, 0.05) is 25.6 Å². The summed E-state index contributed by atoms with van der Waals surface area (Å²) < 4.78 is 33.5. The Morgan fingerprint density at radius 2 is 1.69 bits per heavy atom. The van der Waals surface area contributed by atoms with Gasteiger partial charge in [-0.3, -0.25) is 9.59 Å². The number of sulfonamides is 1. The van der Waals surface area contributed by atoms with E-state index >= 15 is 0 Å². The number of carbonyl (C=O) groups excluding carboxylic acids is 2. The van der Waals surface area contributed by atoms with E-state index in [1.165, 1.54) is 29.4 Å². The van der Waals surface area contributed by atoms with Gasteiger partial charge < -0.3 is 15.4 Å². The Morgan fingerprint density at radius 3 is 2.31 bits per heavy atom. The molecule has 2 aromatic carbocycles. The second-order valence-corrected chi connectivity index (χ2v) is 10.2. The maximum atomic E-state index is 13.3. The predicted molar refractivity (Wildman–Crippen MR) is 124 cm³/mol. The van der Waals surface area contributed by atoms with Crippen LogP contribution >= 0.6 is 11.6 Å². The summed E-state index contributed by atoms with van der Waals surface area (Å²) in [5, 5.41) is 5.43. The average molecular weight is 480 g/mol. The quantitative estimate of drug-likeness (QED) is 0.681. The topological polar surface area (TPSA) is 105 Å². The van der Waals surface area contributed by atoms with Crippen LogP contribution in [0, 0.1) is 6.92 Å². The summed E-state index contributed by atoms with van der Waals surface area (Å²) in [6, 6.07) is 9.32. The fourth-order valence-electron chi connectivity index (χ4n) is 3.56. The molecule has 2 aromatic rings. The zero-order chi connectivity index (χ0) is 23.6. The van der Waals surface area contributed by atoms with Gasteiger partial charge in [-0.15, -0.1) is 0 Å². The molecule has 172 valence electrons. The predicted octanol–water partition coefficient (Wildman–Crippen LogP) is 3.66. The van der Waals surface area contributed by atoms with E-state index in [-0.39, 0.29) is 46.7 Å². The van der Waals surface area contributed by atoms with E-state index in [1.807, 2.05) is 6.92 Å². The summed E-state index contributed by atoms with van der Waals surface area (Å²) in [4.78, 5) is 24.3. The first-order valence-electron chi connectivity index (χ1n) is 10.1. The molecule has 1 aliphatic rings. The first-order chi connectivity index (χ1) is 15.0. The Bertz CT molecular complexity index is 1140. The van der Waals surface area contributed by atoms with Gasteiger partial charge in [-0.25, -0.2) is 8.42 Å². The van der Waals surface area contributed by atoms with Crippen LogP contribution < -0.4 is 10.6 Å². The van der Waals surface area contributed by atoms with Crippen molar-refractivity contribution in [3.05, 3.63) is 52.5 Å². The lowest BCUT2D eigenvalue weighted by atomic mass is 10.1. The SMILES string of the molecule is CC(=O)Nc1ccc(C)cc1NC(=O)c1ccc(Cl)c(S(=O)(=O)N2CC(C)OC(C)C2)c1. The minimum atomic E-state index is -3.93. The maximum Gasteiger partial charge on any atom is 0.255 e. The number of amides is 2. The molecule has 0 aliphatic carbocycles. The number of morpholine rings is 1. The Morgan fingerprint density at radius 1 is 1.03 bits per heavy atom. The van der Waals surface area contributed by atoms with Gasteiger partial charge in [-0.2, -0.15) is 4.31 Å². The van der Waals surface area contributed by atoms with Gasteiger partial charge in [-0.1, -0.05) is 17.7 Å². The lowest BCUT2D eigenvalue weighted by molar-refractivity contribution is -0.114. The van der Waals surface area contributed by atoms with Crippen molar-refractivity contribution in [1.29, 1.82) is 0 Å². The zero-order valence-corrected chi connectivity index (χ0v) is 19.9. The second kappa shape index (κ2) is 9.58. The highest BCUT2D eigenvalue weighted by atomic mass is 35.5. The van der Waals surface area contributed by atoms with Crippen LogP contribution in [0.15, 0.2) is 41.3 Å². The van der Waals surface area contributed by atoms with Crippen LogP contribution in [0.3, 0.4) is 0 Å².